The van der Waals surface area contributed by atoms with Gasteiger partial charge in [-0.1, -0.05) is 38.1 Å². The minimum Gasteiger partial charge on any atom is -0.496 e. The minimum atomic E-state index is -0.699. The van der Waals surface area contributed by atoms with E-state index in [0.29, 0.717) is 22.2 Å². The lowest BCUT2D eigenvalue weighted by Gasteiger charge is -2.17. The van der Waals surface area contributed by atoms with Crippen molar-refractivity contribution >= 4 is 34.4 Å². The second-order valence-electron chi connectivity index (χ2n) is 10.7. The maximum atomic E-state index is 13.9. The second kappa shape index (κ2) is 13.4. The Kier molecular flexibility index (Phi) is 9.17. The normalized spacial score (nSPS) is 11.3. The molecule has 0 unspecified atom stereocenters. The number of nitro groups is 1. The van der Waals surface area contributed by atoms with Gasteiger partial charge in [-0.25, -0.2) is 9.37 Å². The van der Waals surface area contributed by atoms with Gasteiger partial charge in [-0.3, -0.25) is 19.7 Å². The molecule has 1 aromatic heterocycles. The molecule has 5 rings (SSSR count). The first-order valence-electron chi connectivity index (χ1n) is 14.3. The van der Waals surface area contributed by atoms with E-state index in [1.165, 1.54) is 47.3 Å². The topological polar surface area (TPSA) is 138 Å². The lowest BCUT2D eigenvalue weighted by atomic mass is 9.96. The van der Waals surface area contributed by atoms with Crippen LogP contribution in [0.3, 0.4) is 0 Å². The highest BCUT2D eigenvalue weighted by molar-refractivity contribution is 5.92. The van der Waals surface area contributed by atoms with Crippen LogP contribution >= 0.6 is 0 Å². The largest absolute Gasteiger partial charge is 0.496 e. The number of amides is 1. The van der Waals surface area contributed by atoms with E-state index in [0.717, 1.165) is 11.1 Å². The van der Waals surface area contributed by atoms with Crippen molar-refractivity contribution in [1.29, 1.82) is 0 Å². The lowest BCUT2D eigenvalue weighted by Crippen LogP contribution is -2.21. The van der Waals surface area contributed by atoms with Gasteiger partial charge in [0, 0.05) is 17.2 Å². The van der Waals surface area contributed by atoms with Crippen LogP contribution in [0.2, 0.25) is 0 Å². The van der Waals surface area contributed by atoms with E-state index in [4.69, 9.17) is 14.5 Å². The number of aryl methyl sites for hydroxylation is 1. The van der Waals surface area contributed by atoms with Crippen molar-refractivity contribution in [3.05, 3.63) is 122 Å². The summed E-state index contributed by atoms with van der Waals surface area (Å²) in [5.74, 6) is -0.380. The first-order valence-corrected chi connectivity index (χ1v) is 14.3. The Hall–Kier alpha value is -5.91. The molecule has 0 aliphatic carbocycles. The third kappa shape index (κ3) is 6.60. The van der Waals surface area contributed by atoms with Gasteiger partial charge in [0.1, 0.15) is 11.6 Å². The Morgan fingerprint density at radius 3 is 2.54 bits per heavy atom. The third-order valence-electron chi connectivity index (χ3n) is 7.20. The standard InChI is InChI=1S/C34H30FN5O6/c1-20(2)24-17-25(21(3)15-31(24)45-4)33-38-27-11-7-5-9-23(27)34(42)39(33)36-18-22-13-14-30(29(16-22)40(43)44)46-19-32(41)37-28-12-8-6-10-26(28)35/h5-18,20H,19H2,1-4H3,(H,37,41). The summed E-state index contributed by atoms with van der Waals surface area (Å²) in [6.07, 6.45) is 1.31. The third-order valence-corrected chi connectivity index (χ3v) is 7.20. The van der Waals surface area contributed by atoms with Crippen molar-refractivity contribution in [3.63, 3.8) is 0 Å². The Bertz CT molecular complexity index is 2060. The van der Waals surface area contributed by atoms with Crippen LogP contribution in [0.4, 0.5) is 15.8 Å². The van der Waals surface area contributed by atoms with Crippen LogP contribution in [0.5, 0.6) is 11.5 Å². The molecule has 0 spiro atoms. The lowest BCUT2D eigenvalue weighted by molar-refractivity contribution is -0.385. The van der Waals surface area contributed by atoms with Gasteiger partial charge < -0.3 is 14.8 Å². The smallest absolute Gasteiger partial charge is 0.311 e. The number of methoxy groups -OCH3 is 1. The molecule has 46 heavy (non-hydrogen) atoms. The van der Waals surface area contributed by atoms with Gasteiger partial charge in [0.05, 0.1) is 34.8 Å². The second-order valence-corrected chi connectivity index (χ2v) is 10.7. The Morgan fingerprint density at radius 2 is 1.83 bits per heavy atom. The van der Waals surface area contributed by atoms with E-state index in [9.17, 15) is 24.1 Å². The van der Waals surface area contributed by atoms with Gasteiger partial charge in [-0.15, -0.1) is 0 Å². The number of para-hydroxylation sites is 2. The summed E-state index contributed by atoms with van der Waals surface area (Å²) in [6.45, 7) is 5.36. The number of anilines is 1. The number of hydrogen-bond donors (Lipinski definition) is 1. The molecule has 4 aromatic carbocycles. The number of carbonyl (C=O) groups is 1. The molecular weight excluding hydrogens is 593 g/mol. The molecule has 0 aliphatic rings. The van der Waals surface area contributed by atoms with Crippen molar-refractivity contribution in [2.24, 2.45) is 5.10 Å². The number of benzene rings is 4. The van der Waals surface area contributed by atoms with E-state index in [2.05, 4.69) is 10.4 Å². The number of aromatic nitrogens is 2. The number of nitrogens with zero attached hydrogens (tertiary/aromatic N) is 4. The monoisotopic (exact) mass is 623 g/mol. The highest BCUT2D eigenvalue weighted by Crippen LogP contribution is 2.34. The van der Waals surface area contributed by atoms with Crippen LogP contribution < -0.4 is 20.3 Å². The number of ether oxygens (including phenoxy) is 2. The Labute approximate surface area is 263 Å². The SMILES string of the molecule is COc1cc(C)c(-c2nc3ccccc3c(=O)n2N=Cc2ccc(OCC(=O)Nc3ccccc3F)c([N+](=O)[O-])c2)cc1C(C)C. The minimum absolute atomic E-state index is 0.0415. The van der Waals surface area contributed by atoms with E-state index < -0.39 is 34.5 Å². The molecule has 234 valence electrons. The molecular formula is C34H30FN5O6. The van der Waals surface area contributed by atoms with E-state index in [1.807, 2.05) is 32.9 Å². The number of nitrogens with one attached hydrogen (secondary N) is 1. The number of carbonyl (C=O) groups excluding carboxylic acids is 1. The van der Waals surface area contributed by atoms with Crippen LogP contribution in [0.15, 0.2) is 88.8 Å². The Balaban J connectivity index is 1.50. The first-order chi connectivity index (χ1) is 22.1. The molecule has 0 aliphatic heterocycles. The zero-order chi connectivity index (χ0) is 33.0. The van der Waals surface area contributed by atoms with Gasteiger partial charge in [0.25, 0.3) is 11.5 Å². The van der Waals surface area contributed by atoms with Crippen LogP contribution in [0, 0.1) is 22.9 Å². The zero-order valence-corrected chi connectivity index (χ0v) is 25.5. The summed E-state index contributed by atoms with van der Waals surface area (Å²) >= 11 is 0. The predicted octanol–water partition coefficient (Wildman–Crippen LogP) is 6.45. The molecule has 0 saturated carbocycles. The number of fused-ring (bicyclic) bond motifs is 1. The molecule has 1 amide bonds. The van der Waals surface area contributed by atoms with Gasteiger partial charge in [-0.2, -0.15) is 9.78 Å². The number of halogens is 1. The van der Waals surface area contributed by atoms with Crippen molar-refractivity contribution in [1.82, 2.24) is 9.66 Å². The van der Waals surface area contributed by atoms with Crippen LogP contribution in [-0.2, 0) is 4.79 Å². The fourth-order valence-electron chi connectivity index (χ4n) is 4.87. The summed E-state index contributed by atoms with van der Waals surface area (Å²) in [6, 6.07) is 20.4. The van der Waals surface area contributed by atoms with Crippen LogP contribution in [0.1, 0.15) is 36.5 Å². The van der Waals surface area contributed by atoms with Gasteiger partial charge in [0.2, 0.25) is 0 Å². The van der Waals surface area contributed by atoms with E-state index >= 15 is 0 Å². The molecule has 11 nitrogen and oxygen atoms in total. The van der Waals surface area contributed by atoms with Crippen molar-refractivity contribution in [2.75, 3.05) is 19.0 Å². The molecule has 0 radical (unpaired) electrons. The molecule has 0 bridgehead atoms. The van der Waals surface area contributed by atoms with Crippen molar-refractivity contribution < 1.29 is 23.6 Å². The highest BCUT2D eigenvalue weighted by atomic mass is 19.1. The molecule has 1 heterocycles. The maximum absolute atomic E-state index is 13.9. The average molecular weight is 624 g/mol. The van der Waals surface area contributed by atoms with Gasteiger partial charge in [0.15, 0.2) is 18.2 Å². The van der Waals surface area contributed by atoms with Crippen molar-refractivity contribution in [2.45, 2.75) is 26.7 Å². The number of rotatable bonds is 10. The highest BCUT2D eigenvalue weighted by Gasteiger charge is 2.20. The van der Waals surface area contributed by atoms with Crippen LogP contribution in [0.25, 0.3) is 22.3 Å². The quantitative estimate of drug-likeness (QED) is 0.107. The van der Waals surface area contributed by atoms with E-state index in [-0.39, 0.29) is 28.7 Å². The first kappa shape index (κ1) is 31.5. The summed E-state index contributed by atoms with van der Waals surface area (Å²) < 4.78 is 26.0. The maximum Gasteiger partial charge on any atom is 0.311 e. The van der Waals surface area contributed by atoms with Crippen molar-refractivity contribution in [3.8, 4) is 22.9 Å². The van der Waals surface area contributed by atoms with Gasteiger partial charge in [-0.05, 0) is 72.5 Å². The molecule has 1 N–H and O–H groups in total. The van der Waals surface area contributed by atoms with E-state index in [1.54, 1.807) is 37.4 Å². The zero-order valence-electron chi connectivity index (χ0n) is 25.5. The predicted molar refractivity (Wildman–Crippen MR) is 173 cm³/mol. The summed E-state index contributed by atoms with van der Waals surface area (Å²) in [5.41, 5.74) is 2.29. The summed E-state index contributed by atoms with van der Waals surface area (Å²) in [4.78, 5) is 42.0. The summed E-state index contributed by atoms with van der Waals surface area (Å²) in [5, 5.41) is 19.1. The van der Waals surface area contributed by atoms with Gasteiger partial charge >= 0.3 is 5.69 Å². The molecule has 12 heteroatoms. The summed E-state index contributed by atoms with van der Waals surface area (Å²) in [7, 11) is 1.60. The molecule has 0 fully saturated rings. The molecule has 0 saturated heterocycles. The average Bonchev–Trinajstić information content (AvgIpc) is 3.04. The Morgan fingerprint density at radius 1 is 1.09 bits per heavy atom. The molecule has 0 atom stereocenters. The van der Waals surface area contributed by atoms with Crippen LogP contribution in [-0.4, -0.2) is 40.4 Å². The fraction of sp³-hybridized carbons (Fsp3) is 0.176. The fourth-order valence-corrected chi connectivity index (χ4v) is 4.87. The number of nitro benzene ring substituents is 1. The number of hydrogen-bond acceptors (Lipinski definition) is 8. The molecule has 5 aromatic rings.